The number of anilines is 2. The molecule has 0 unspecified atom stereocenters. The Morgan fingerprint density at radius 1 is 0.524 bits per heavy atom. The topological polar surface area (TPSA) is 185 Å². The fourth-order valence-corrected chi connectivity index (χ4v) is 5.54. The summed E-state index contributed by atoms with van der Waals surface area (Å²) in [5.41, 5.74) is 1.38. The van der Waals surface area contributed by atoms with Crippen molar-refractivity contribution in [2.45, 2.75) is 13.8 Å². The molecule has 12 nitrogen and oxygen atoms in total. The summed E-state index contributed by atoms with van der Waals surface area (Å²) in [5.74, 6) is 0. The Labute approximate surface area is 241 Å². The molecule has 0 bridgehead atoms. The Kier molecular flexibility index (Phi) is 8.40. The van der Waals surface area contributed by atoms with E-state index in [0.717, 1.165) is 11.1 Å². The lowest BCUT2D eigenvalue weighted by atomic mass is 10.1. The molecule has 4 aromatic carbocycles. The van der Waals surface area contributed by atoms with Crippen LogP contribution >= 0.6 is 0 Å². The summed E-state index contributed by atoms with van der Waals surface area (Å²) >= 11 is 0. The van der Waals surface area contributed by atoms with Gasteiger partial charge in [0.25, 0.3) is 10.2 Å². The molecule has 0 atom stereocenters. The lowest BCUT2D eigenvalue weighted by Gasteiger charge is -2.14. The summed E-state index contributed by atoms with van der Waals surface area (Å²) in [5, 5.41) is 2.73. The number of sulfonamides is 2. The first-order valence-electron chi connectivity index (χ1n) is 12.2. The Balaban J connectivity index is 1.53. The fraction of sp³-hybridized carbons (Fsp3) is 0.0714. The van der Waals surface area contributed by atoms with Crippen LogP contribution in [0.2, 0.25) is 0 Å². The highest BCUT2D eigenvalue weighted by Gasteiger charge is 2.28. The number of fused-ring (bicyclic) bond motifs is 1. The molecule has 0 heterocycles. The normalized spacial score (nSPS) is 11.4. The van der Waals surface area contributed by atoms with Crippen molar-refractivity contribution in [2.75, 3.05) is 10.6 Å². The average molecular weight is 609 g/mol. The minimum Gasteiger partial charge on any atom is -0.306 e. The largest absolute Gasteiger partial charge is 0.333 e. The first-order valence-corrected chi connectivity index (χ1v) is 15.1. The minimum absolute atomic E-state index is 0.0254. The molecule has 0 aromatic heterocycles. The van der Waals surface area contributed by atoms with Crippen molar-refractivity contribution < 1.29 is 36.0 Å². The molecule has 0 aliphatic heterocycles. The molecule has 216 valence electrons. The predicted octanol–water partition coefficient (Wildman–Crippen LogP) is 4.04. The van der Waals surface area contributed by atoms with Crippen LogP contribution in [0.15, 0.2) is 84.9 Å². The molecule has 0 aliphatic carbocycles. The van der Waals surface area contributed by atoms with Crippen LogP contribution in [0.5, 0.6) is 0 Å². The molecule has 4 amide bonds. The fourth-order valence-electron chi connectivity index (χ4n) is 3.87. The minimum atomic E-state index is -4.76. The Morgan fingerprint density at radius 3 is 1.24 bits per heavy atom. The highest BCUT2D eigenvalue weighted by molar-refractivity contribution is 8.05. The van der Waals surface area contributed by atoms with Crippen LogP contribution in [0.3, 0.4) is 0 Å². The van der Waals surface area contributed by atoms with Gasteiger partial charge in [-0.25, -0.2) is 19.0 Å². The molecule has 14 heteroatoms. The second kappa shape index (κ2) is 11.8. The molecule has 0 saturated carbocycles. The molecule has 0 radical (unpaired) electrons. The van der Waals surface area contributed by atoms with E-state index in [1.165, 1.54) is 36.4 Å². The Bertz CT molecular complexity index is 1800. The summed E-state index contributed by atoms with van der Waals surface area (Å²) in [7, 11) is -9.52. The van der Waals surface area contributed by atoms with Gasteiger partial charge in [0, 0.05) is 16.5 Å². The van der Waals surface area contributed by atoms with E-state index in [-0.39, 0.29) is 27.9 Å². The molecule has 42 heavy (non-hydrogen) atoms. The summed E-state index contributed by atoms with van der Waals surface area (Å²) < 4.78 is 53.4. The molecule has 0 spiro atoms. The van der Waals surface area contributed by atoms with Gasteiger partial charge < -0.3 is 10.6 Å². The number of aryl methyl sites for hydroxylation is 2. The van der Waals surface area contributed by atoms with Crippen molar-refractivity contribution >= 4 is 64.5 Å². The van der Waals surface area contributed by atoms with Crippen molar-refractivity contribution in [1.29, 1.82) is 0 Å². The van der Waals surface area contributed by atoms with Gasteiger partial charge in [0.1, 0.15) is 0 Å². The summed E-state index contributed by atoms with van der Waals surface area (Å²) in [6.45, 7) is 3.52. The van der Waals surface area contributed by atoms with Crippen molar-refractivity contribution in [2.24, 2.45) is 0 Å². The van der Waals surface area contributed by atoms with Crippen LogP contribution in [0.25, 0.3) is 10.8 Å². The lowest BCUT2D eigenvalue weighted by Crippen LogP contribution is -2.39. The van der Waals surface area contributed by atoms with Crippen LogP contribution in [0, 0.1) is 13.8 Å². The van der Waals surface area contributed by atoms with Gasteiger partial charge >= 0.3 is 32.1 Å². The van der Waals surface area contributed by atoms with Gasteiger partial charge in [0.05, 0.1) is 11.4 Å². The lowest BCUT2D eigenvalue weighted by molar-refractivity contribution is 0.106. The molecule has 4 aromatic rings. The van der Waals surface area contributed by atoms with Gasteiger partial charge in [-0.2, -0.15) is 16.8 Å². The summed E-state index contributed by atoms with van der Waals surface area (Å²) in [6.07, 6.45) is 0. The maximum Gasteiger partial charge on any atom is 0.333 e. The second-order valence-electron chi connectivity index (χ2n) is 9.14. The van der Waals surface area contributed by atoms with Gasteiger partial charge in [-0.1, -0.05) is 59.7 Å². The Morgan fingerprint density at radius 2 is 0.881 bits per heavy atom. The SMILES string of the molecule is Cc1ccc(C(=O)S(=O)(=O)NC(=O)Nc2cccc3cccc(NC(=O)NS(=O)(=O)C(=O)c4ccc(C)cc4)c23)cc1. The molecular weight excluding hydrogens is 584 g/mol. The first-order chi connectivity index (χ1) is 19.8. The number of hydrogen-bond acceptors (Lipinski definition) is 8. The van der Waals surface area contributed by atoms with E-state index in [0.29, 0.717) is 5.39 Å². The van der Waals surface area contributed by atoms with Gasteiger partial charge in [0.15, 0.2) is 0 Å². The third-order valence-corrected chi connectivity index (χ3v) is 8.27. The first kappa shape index (κ1) is 29.9. The summed E-state index contributed by atoms with van der Waals surface area (Å²) in [4.78, 5) is 50.2. The molecule has 0 aliphatic rings. The van der Waals surface area contributed by atoms with Gasteiger partial charge in [0.2, 0.25) is 0 Å². The van der Waals surface area contributed by atoms with E-state index >= 15 is 0 Å². The molecule has 4 rings (SSSR count). The van der Waals surface area contributed by atoms with E-state index in [1.807, 2.05) is 0 Å². The maximum absolute atomic E-state index is 12.6. The predicted molar refractivity (Wildman–Crippen MR) is 157 cm³/mol. The van der Waals surface area contributed by atoms with E-state index in [1.54, 1.807) is 71.8 Å². The third-order valence-electron chi connectivity index (χ3n) is 5.92. The number of urea groups is 2. The van der Waals surface area contributed by atoms with Crippen molar-refractivity contribution in [3.8, 4) is 0 Å². The Hall–Kier alpha value is -5.08. The van der Waals surface area contributed by atoms with Crippen LogP contribution in [-0.4, -0.2) is 39.1 Å². The van der Waals surface area contributed by atoms with Crippen LogP contribution in [-0.2, 0) is 20.0 Å². The zero-order valence-corrected chi connectivity index (χ0v) is 23.8. The summed E-state index contributed by atoms with van der Waals surface area (Å²) in [6, 6.07) is 18.1. The van der Waals surface area contributed by atoms with Gasteiger partial charge in [-0.15, -0.1) is 0 Å². The molecule has 0 saturated heterocycles. The highest BCUT2D eigenvalue weighted by atomic mass is 32.2. The number of amides is 4. The number of rotatable bonds is 4. The zero-order chi connectivity index (χ0) is 30.7. The number of carbonyl (C=O) groups is 4. The van der Waals surface area contributed by atoms with Crippen molar-refractivity contribution in [3.05, 3.63) is 107 Å². The number of nitrogens with one attached hydrogen (secondary N) is 4. The van der Waals surface area contributed by atoms with E-state index in [9.17, 15) is 36.0 Å². The number of carbonyl (C=O) groups excluding carboxylic acids is 4. The zero-order valence-electron chi connectivity index (χ0n) is 22.2. The smallest absolute Gasteiger partial charge is 0.306 e. The van der Waals surface area contributed by atoms with Crippen LogP contribution < -0.4 is 20.1 Å². The second-order valence-corrected chi connectivity index (χ2v) is 12.3. The standard InChI is InChI=1S/C28H24N4O8S2/c1-17-9-13-20(14-10-17)25(33)41(37,38)31-27(35)29-22-7-3-5-19-6-4-8-23(24(19)22)30-28(36)32-42(39,40)26(34)21-15-11-18(2)12-16-21/h3-16H,1-2H3,(H2,29,31,35)(H2,30,32,36). The van der Waals surface area contributed by atoms with Crippen molar-refractivity contribution in [1.82, 2.24) is 9.44 Å². The third kappa shape index (κ3) is 6.79. The average Bonchev–Trinajstić information content (AvgIpc) is 2.92. The van der Waals surface area contributed by atoms with E-state index in [4.69, 9.17) is 0 Å². The molecule has 0 fully saturated rings. The van der Waals surface area contributed by atoms with Crippen LogP contribution in [0.4, 0.5) is 21.0 Å². The molecule has 4 N–H and O–H groups in total. The van der Waals surface area contributed by atoms with Crippen molar-refractivity contribution in [3.63, 3.8) is 0 Å². The number of hydrogen-bond donors (Lipinski definition) is 4. The van der Waals surface area contributed by atoms with E-state index < -0.39 is 42.3 Å². The monoisotopic (exact) mass is 608 g/mol. The maximum atomic E-state index is 12.6. The quantitative estimate of drug-likeness (QED) is 0.267. The van der Waals surface area contributed by atoms with Gasteiger partial charge in [-0.3, -0.25) is 9.59 Å². The highest BCUT2D eigenvalue weighted by Crippen LogP contribution is 2.31. The van der Waals surface area contributed by atoms with Crippen LogP contribution in [0.1, 0.15) is 31.8 Å². The number of benzene rings is 4. The molecular formula is C28H24N4O8S2. The van der Waals surface area contributed by atoms with Gasteiger partial charge in [-0.05, 0) is 55.6 Å². The van der Waals surface area contributed by atoms with E-state index in [2.05, 4.69) is 10.6 Å².